The van der Waals surface area contributed by atoms with Gasteiger partial charge in [0, 0.05) is 21.5 Å². The number of rotatable bonds is 3. The van der Waals surface area contributed by atoms with Crippen LogP contribution in [0.2, 0.25) is 5.02 Å². The fraction of sp³-hybridized carbons (Fsp3) is 0.111. The van der Waals surface area contributed by atoms with E-state index in [0.717, 1.165) is 22.4 Å². The van der Waals surface area contributed by atoms with Crippen LogP contribution in [0.5, 0.6) is 0 Å². The topological polar surface area (TPSA) is 42.0 Å². The summed E-state index contributed by atoms with van der Waals surface area (Å²) in [6.45, 7) is 4.01. The van der Waals surface area contributed by atoms with E-state index in [2.05, 4.69) is 10.3 Å². The van der Waals surface area contributed by atoms with Gasteiger partial charge in [0.25, 0.3) is 5.91 Å². The van der Waals surface area contributed by atoms with Crippen LogP contribution in [0.25, 0.3) is 11.3 Å². The van der Waals surface area contributed by atoms with Crippen LogP contribution in [0, 0.1) is 13.8 Å². The number of hydrogen-bond acceptors (Lipinski definition) is 3. The second kappa shape index (κ2) is 6.52. The van der Waals surface area contributed by atoms with Crippen molar-refractivity contribution in [3.8, 4) is 11.3 Å². The second-order valence-electron chi connectivity index (χ2n) is 5.27. The third-order valence-electron chi connectivity index (χ3n) is 3.64. The lowest BCUT2D eigenvalue weighted by Crippen LogP contribution is -2.12. The lowest BCUT2D eigenvalue weighted by atomic mass is 10.1. The highest BCUT2D eigenvalue weighted by molar-refractivity contribution is 7.14. The lowest BCUT2D eigenvalue weighted by Gasteiger charge is -2.05. The zero-order valence-electron chi connectivity index (χ0n) is 12.8. The maximum atomic E-state index is 12.3. The van der Waals surface area contributed by atoms with Crippen molar-refractivity contribution in [2.45, 2.75) is 13.8 Å². The molecular weight excluding hydrogens is 328 g/mol. The first kappa shape index (κ1) is 15.7. The molecule has 3 rings (SSSR count). The number of nitrogens with zero attached hydrogens (tertiary/aromatic N) is 1. The molecule has 1 heterocycles. The standard InChI is InChI=1S/C18H15ClN2OS/c1-11-7-8-13(9-12(11)2)17(22)21-18-20-16(10-23-18)14-5-3-4-6-15(14)19/h3-10H,1-2H3,(H,20,21,22). The van der Waals surface area contributed by atoms with Gasteiger partial charge in [-0.3, -0.25) is 10.1 Å². The van der Waals surface area contributed by atoms with Gasteiger partial charge in [0.1, 0.15) is 0 Å². The fourth-order valence-corrected chi connectivity index (χ4v) is 3.11. The molecule has 23 heavy (non-hydrogen) atoms. The van der Waals surface area contributed by atoms with Crippen molar-refractivity contribution < 1.29 is 4.79 Å². The minimum absolute atomic E-state index is 0.159. The van der Waals surface area contributed by atoms with Crippen LogP contribution in [0.1, 0.15) is 21.5 Å². The van der Waals surface area contributed by atoms with Gasteiger partial charge in [-0.05, 0) is 43.2 Å². The number of nitrogens with one attached hydrogen (secondary N) is 1. The molecule has 116 valence electrons. The molecule has 1 aromatic heterocycles. The predicted molar refractivity (Wildman–Crippen MR) is 96.4 cm³/mol. The van der Waals surface area contributed by atoms with Crippen LogP contribution < -0.4 is 5.32 Å². The highest BCUT2D eigenvalue weighted by Crippen LogP contribution is 2.30. The Balaban J connectivity index is 1.80. The lowest BCUT2D eigenvalue weighted by molar-refractivity contribution is 0.102. The van der Waals surface area contributed by atoms with E-state index in [9.17, 15) is 4.79 Å². The summed E-state index contributed by atoms with van der Waals surface area (Å²) >= 11 is 7.56. The summed E-state index contributed by atoms with van der Waals surface area (Å²) in [5, 5.41) is 5.93. The van der Waals surface area contributed by atoms with Gasteiger partial charge in [-0.1, -0.05) is 35.9 Å². The maximum absolute atomic E-state index is 12.3. The van der Waals surface area contributed by atoms with Crippen molar-refractivity contribution >= 4 is 34.0 Å². The van der Waals surface area contributed by atoms with Crippen LogP contribution in [0.15, 0.2) is 47.8 Å². The second-order valence-corrected chi connectivity index (χ2v) is 6.54. The van der Waals surface area contributed by atoms with E-state index in [4.69, 9.17) is 11.6 Å². The Bertz CT molecular complexity index is 873. The number of carbonyl (C=O) groups is 1. The quantitative estimate of drug-likeness (QED) is 0.698. The molecule has 3 nitrogen and oxygen atoms in total. The number of hydrogen-bond donors (Lipinski definition) is 1. The molecule has 0 aliphatic carbocycles. The summed E-state index contributed by atoms with van der Waals surface area (Å²) in [4.78, 5) is 16.8. The van der Waals surface area contributed by atoms with Crippen molar-refractivity contribution in [3.63, 3.8) is 0 Å². The Morgan fingerprint density at radius 1 is 1.13 bits per heavy atom. The molecule has 2 aromatic carbocycles. The van der Waals surface area contributed by atoms with E-state index in [1.165, 1.54) is 11.3 Å². The number of halogens is 1. The molecule has 5 heteroatoms. The van der Waals surface area contributed by atoms with E-state index >= 15 is 0 Å². The van der Waals surface area contributed by atoms with Gasteiger partial charge in [-0.2, -0.15) is 0 Å². The van der Waals surface area contributed by atoms with Crippen LogP contribution >= 0.6 is 22.9 Å². The molecule has 0 saturated heterocycles. The smallest absolute Gasteiger partial charge is 0.257 e. The van der Waals surface area contributed by atoms with Crippen molar-refractivity contribution in [1.82, 2.24) is 4.98 Å². The molecular formula is C18H15ClN2OS. The van der Waals surface area contributed by atoms with Crippen LogP contribution in [0.3, 0.4) is 0 Å². The average molecular weight is 343 g/mol. The van der Waals surface area contributed by atoms with Crippen molar-refractivity contribution in [2.24, 2.45) is 0 Å². The van der Waals surface area contributed by atoms with E-state index in [1.807, 2.05) is 61.7 Å². The molecule has 3 aromatic rings. The summed E-state index contributed by atoms with van der Waals surface area (Å²) in [6, 6.07) is 13.2. The number of aromatic nitrogens is 1. The molecule has 0 aliphatic heterocycles. The zero-order valence-corrected chi connectivity index (χ0v) is 14.3. The molecule has 0 spiro atoms. The van der Waals surface area contributed by atoms with Gasteiger partial charge < -0.3 is 0 Å². The number of amides is 1. The number of anilines is 1. The number of aryl methyl sites for hydroxylation is 2. The molecule has 0 saturated carbocycles. The van der Waals surface area contributed by atoms with Gasteiger partial charge in [0.15, 0.2) is 5.13 Å². The Hall–Kier alpha value is -2.17. The molecule has 1 amide bonds. The van der Waals surface area contributed by atoms with Gasteiger partial charge in [0.05, 0.1) is 5.69 Å². The third kappa shape index (κ3) is 3.44. The van der Waals surface area contributed by atoms with Gasteiger partial charge in [0.2, 0.25) is 0 Å². The third-order valence-corrected chi connectivity index (χ3v) is 4.73. The molecule has 1 N–H and O–H groups in total. The van der Waals surface area contributed by atoms with E-state index in [0.29, 0.717) is 15.7 Å². The fourth-order valence-electron chi connectivity index (χ4n) is 2.18. The summed E-state index contributed by atoms with van der Waals surface area (Å²) in [5.74, 6) is -0.159. The summed E-state index contributed by atoms with van der Waals surface area (Å²) < 4.78 is 0. The Kier molecular flexibility index (Phi) is 4.46. The summed E-state index contributed by atoms with van der Waals surface area (Å²) in [6.07, 6.45) is 0. The molecule has 0 atom stereocenters. The normalized spacial score (nSPS) is 10.6. The number of carbonyl (C=O) groups excluding carboxylic acids is 1. The maximum Gasteiger partial charge on any atom is 0.257 e. The first-order chi connectivity index (χ1) is 11.0. The van der Waals surface area contributed by atoms with E-state index in [1.54, 1.807) is 0 Å². The van der Waals surface area contributed by atoms with Gasteiger partial charge >= 0.3 is 0 Å². The average Bonchev–Trinajstić information content (AvgIpc) is 2.98. The molecule has 0 fully saturated rings. The first-order valence-corrected chi connectivity index (χ1v) is 8.39. The van der Waals surface area contributed by atoms with Gasteiger partial charge in [-0.25, -0.2) is 4.98 Å². The van der Waals surface area contributed by atoms with E-state index < -0.39 is 0 Å². The van der Waals surface area contributed by atoms with Gasteiger partial charge in [-0.15, -0.1) is 11.3 Å². The minimum Gasteiger partial charge on any atom is -0.298 e. The van der Waals surface area contributed by atoms with Crippen LogP contribution in [-0.4, -0.2) is 10.9 Å². The highest BCUT2D eigenvalue weighted by Gasteiger charge is 2.12. The Morgan fingerprint density at radius 3 is 2.65 bits per heavy atom. The summed E-state index contributed by atoms with van der Waals surface area (Å²) in [5.41, 5.74) is 4.50. The number of benzene rings is 2. The van der Waals surface area contributed by atoms with Crippen molar-refractivity contribution in [2.75, 3.05) is 5.32 Å². The predicted octanol–water partition coefficient (Wildman–Crippen LogP) is 5.33. The molecule has 0 aliphatic rings. The Labute approximate surface area is 144 Å². The molecule has 0 bridgehead atoms. The van der Waals surface area contributed by atoms with E-state index in [-0.39, 0.29) is 5.91 Å². The summed E-state index contributed by atoms with van der Waals surface area (Å²) in [7, 11) is 0. The molecule has 0 radical (unpaired) electrons. The van der Waals surface area contributed by atoms with Crippen molar-refractivity contribution in [1.29, 1.82) is 0 Å². The number of thiazole rings is 1. The molecule has 0 unspecified atom stereocenters. The monoisotopic (exact) mass is 342 g/mol. The highest BCUT2D eigenvalue weighted by atomic mass is 35.5. The SMILES string of the molecule is Cc1ccc(C(=O)Nc2nc(-c3ccccc3Cl)cs2)cc1C. The van der Waals surface area contributed by atoms with Crippen LogP contribution in [-0.2, 0) is 0 Å². The van der Waals surface area contributed by atoms with Crippen molar-refractivity contribution in [3.05, 3.63) is 69.6 Å². The Morgan fingerprint density at radius 2 is 1.91 bits per heavy atom. The van der Waals surface area contributed by atoms with Crippen LogP contribution in [0.4, 0.5) is 5.13 Å². The first-order valence-electron chi connectivity index (χ1n) is 7.13. The zero-order chi connectivity index (χ0) is 16.4. The largest absolute Gasteiger partial charge is 0.298 e. The minimum atomic E-state index is -0.159.